The van der Waals surface area contributed by atoms with E-state index in [9.17, 15) is 0 Å². The minimum atomic E-state index is 0.265. The van der Waals surface area contributed by atoms with Crippen molar-refractivity contribution in [3.05, 3.63) is 0 Å². The SMILES string of the molecule is CC1NC(C)C2(CC2)CO1. The zero-order valence-electron chi connectivity index (χ0n) is 6.68. The fourth-order valence-electron chi connectivity index (χ4n) is 1.73. The van der Waals surface area contributed by atoms with Gasteiger partial charge in [0, 0.05) is 11.5 Å². The lowest BCUT2D eigenvalue weighted by Gasteiger charge is -2.34. The van der Waals surface area contributed by atoms with E-state index < -0.39 is 0 Å². The van der Waals surface area contributed by atoms with Crippen LogP contribution in [-0.2, 0) is 4.74 Å². The van der Waals surface area contributed by atoms with Gasteiger partial charge < -0.3 is 4.74 Å². The summed E-state index contributed by atoms with van der Waals surface area (Å²) in [6.07, 6.45) is 2.98. The van der Waals surface area contributed by atoms with Crippen LogP contribution in [0.2, 0.25) is 0 Å². The Morgan fingerprint density at radius 1 is 1.40 bits per heavy atom. The van der Waals surface area contributed by atoms with Gasteiger partial charge in [-0.05, 0) is 26.7 Å². The molecule has 1 aliphatic carbocycles. The van der Waals surface area contributed by atoms with Gasteiger partial charge in [0.25, 0.3) is 0 Å². The second-order valence-corrected chi connectivity index (χ2v) is 3.70. The first-order valence-corrected chi connectivity index (χ1v) is 4.11. The lowest BCUT2D eigenvalue weighted by atomic mass is 9.98. The second kappa shape index (κ2) is 1.95. The molecule has 0 aromatic heterocycles. The number of ether oxygens (including phenoxy) is 1. The molecule has 2 aliphatic rings. The fourth-order valence-corrected chi connectivity index (χ4v) is 1.73. The van der Waals surface area contributed by atoms with Crippen molar-refractivity contribution in [3.63, 3.8) is 0 Å². The Kier molecular flexibility index (Phi) is 1.29. The van der Waals surface area contributed by atoms with Crippen LogP contribution in [0.3, 0.4) is 0 Å². The molecule has 2 heteroatoms. The normalized spacial score (nSPS) is 43.8. The molecule has 0 amide bonds. The third kappa shape index (κ3) is 0.867. The number of nitrogens with one attached hydrogen (secondary N) is 1. The topological polar surface area (TPSA) is 21.3 Å². The van der Waals surface area contributed by atoms with Gasteiger partial charge in [0.2, 0.25) is 0 Å². The van der Waals surface area contributed by atoms with Crippen LogP contribution in [-0.4, -0.2) is 18.9 Å². The first-order chi connectivity index (χ1) is 4.73. The van der Waals surface area contributed by atoms with Crippen LogP contribution in [0.15, 0.2) is 0 Å². The number of rotatable bonds is 0. The summed E-state index contributed by atoms with van der Waals surface area (Å²) in [5, 5.41) is 3.41. The largest absolute Gasteiger partial charge is 0.363 e. The Balaban J connectivity index is 2.01. The molecular weight excluding hydrogens is 126 g/mol. The highest BCUT2D eigenvalue weighted by Crippen LogP contribution is 2.50. The van der Waals surface area contributed by atoms with Gasteiger partial charge in [-0.25, -0.2) is 0 Å². The lowest BCUT2D eigenvalue weighted by Crippen LogP contribution is -2.49. The number of hydrogen-bond donors (Lipinski definition) is 1. The Bertz CT molecular complexity index is 142. The van der Waals surface area contributed by atoms with Gasteiger partial charge in [0.15, 0.2) is 0 Å². The van der Waals surface area contributed by atoms with E-state index in [4.69, 9.17) is 4.74 Å². The van der Waals surface area contributed by atoms with Crippen molar-refractivity contribution in [2.45, 2.75) is 39.0 Å². The first-order valence-electron chi connectivity index (χ1n) is 4.11. The molecule has 2 rings (SSSR count). The summed E-state index contributed by atoms with van der Waals surface area (Å²) in [7, 11) is 0. The maximum atomic E-state index is 5.51. The molecule has 0 aromatic rings. The van der Waals surface area contributed by atoms with E-state index in [1.165, 1.54) is 12.8 Å². The summed E-state index contributed by atoms with van der Waals surface area (Å²) in [4.78, 5) is 0. The molecule has 1 spiro atoms. The highest BCUT2D eigenvalue weighted by Gasteiger charge is 2.50. The molecule has 1 saturated carbocycles. The van der Waals surface area contributed by atoms with Gasteiger partial charge in [0.1, 0.15) is 6.23 Å². The Morgan fingerprint density at radius 3 is 2.60 bits per heavy atom. The molecule has 2 nitrogen and oxygen atoms in total. The second-order valence-electron chi connectivity index (χ2n) is 3.70. The van der Waals surface area contributed by atoms with Gasteiger partial charge in [-0.3, -0.25) is 5.32 Å². The van der Waals surface area contributed by atoms with Gasteiger partial charge in [-0.15, -0.1) is 0 Å². The Morgan fingerprint density at radius 2 is 2.10 bits per heavy atom. The van der Waals surface area contributed by atoms with Crippen molar-refractivity contribution < 1.29 is 4.74 Å². The van der Waals surface area contributed by atoms with E-state index in [1.54, 1.807) is 0 Å². The van der Waals surface area contributed by atoms with E-state index in [1.807, 2.05) is 0 Å². The van der Waals surface area contributed by atoms with E-state index in [0.717, 1.165) is 6.61 Å². The molecule has 1 heterocycles. The van der Waals surface area contributed by atoms with E-state index >= 15 is 0 Å². The van der Waals surface area contributed by atoms with E-state index in [0.29, 0.717) is 11.5 Å². The van der Waals surface area contributed by atoms with Gasteiger partial charge in [-0.2, -0.15) is 0 Å². The number of hydrogen-bond acceptors (Lipinski definition) is 2. The van der Waals surface area contributed by atoms with Crippen molar-refractivity contribution in [2.24, 2.45) is 5.41 Å². The summed E-state index contributed by atoms with van der Waals surface area (Å²) in [5.41, 5.74) is 0.534. The van der Waals surface area contributed by atoms with Gasteiger partial charge >= 0.3 is 0 Å². The third-order valence-corrected chi connectivity index (χ3v) is 2.92. The minimum Gasteiger partial charge on any atom is -0.363 e. The summed E-state index contributed by atoms with van der Waals surface area (Å²) >= 11 is 0. The van der Waals surface area contributed by atoms with Gasteiger partial charge in [0.05, 0.1) is 6.61 Å². The molecule has 2 atom stereocenters. The smallest absolute Gasteiger partial charge is 0.105 e. The van der Waals surface area contributed by atoms with Crippen LogP contribution < -0.4 is 5.32 Å². The van der Waals surface area contributed by atoms with Crippen LogP contribution in [0.5, 0.6) is 0 Å². The molecule has 0 radical (unpaired) electrons. The zero-order valence-corrected chi connectivity index (χ0v) is 6.68. The predicted molar refractivity (Wildman–Crippen MR) is 39.7 cm³/mol. The van der Waals surface area contributed by atoms with Crippen molar-refractivity contribution >= 4 is 0 Å². The predicted octanol–water partition coefficient (Wildman–Crippen LogP) is 1.12. The summed E-state index contributed by atoms with van der Waals surface area (Å²) < 4.78 is 5.51. The molecule has 10 heavy (non-hydrogen) atoms. The molecule has 1 aliphatic heterocycles. The molecule has 1 N–H and O–H groups in total. The Hall–Kier alpha value is -0.0800. The molecule has 58 valence electrons. The highest BCUT2D eigenvalue weighted by molar-refractivity contribution is 5.02. The van der Waals surface area contributed by atoms with Crippen LogP contribution in [0.1, 0.15) is 26.7 Å². The highest BCUT2D eigenvalue weighted by atomic mass is 16.5. The lowest BCUT2D eigenvalue weighted by molar-refractivity contribution is -0.0471. The van der Waals surface area contributed by atoms with Crippen molar-refractivity contribution in [3.8, 4) is 0 Å². The first kappa shape index (κ1) is 6.62. The van der Waals surface area contributed by atoms with Crippen molar-refractivity contribution in [1.82, 2.24) is 5.32 Å². The summed E-state index contributed by atoms with van der Waals surface area (Å²) in [6, 6.07) is 0.663. The maximum absolute atomic E-state index is 5.51. The average Bonchev–Trinajstić information content (AvgIpc) is 2.62. The molecule has 1 saturated heterocycles. The molecular formula is C8H15NO. The van der Waals surface area contributed by atoms with Crippen LogP contribution in [0.4, 0.5) is 0 Å². The van der Waals surface area contributed by atoms with E-state index in [-0.39, 0.29) is 6.23 Å². The van der Waals surface area contributed by atoms with E-state index in [2.05, 4.69) is 19.2 Å². The Labute approximate surface area is 61.9 Å². The zero-order chi connectivity index (χ0) is 7.19. The van der Waals surface area contributed by atoms with Crippen molar-refractivity contribution in [2.75, 3.05) is 6.61 Å². The molecule has 0 bridgehead atoms. The quantitative estimate of drug-likeness (QED) is 0.546. The van der Waals surface area contributed by atoms with Crippen LogP contribution >= 0.6 is 0 Å². The van der Waals surface area contributed by atoms with Gasteiger partial charge in [-0.1, -0.05) is 0 Å². The average molecular weight is 141 g/mol. The standard InChI is InChI=1S/C8H15NO/c1-6-8(3-4-8)5-10-7(2)9-6/h6-7,9H,3-5H2,1-2H3. The molecule has 2 unspecified atom stereocenters. The monoisotopic (exact) mass is 141 g/mol. The van der Waals surface area contributed by atoms with Crippen LogP contribution in [0.25, 0.3) is 0 Å². The fraction of sp³-hybridized carbons (Fsp3) is 1.00. The molecule has 2 fully saturated rings. The molecule has 0 aromatic carbocycles. The summed E-state index contributed by atoms with van der Waals surface area (Å²) in [5.74, 6) is 0. The maximum Gasteiger partial charge on any atom is 0.105 e. The summed E-state index contributed by atoms with van der Waals surface area (Å²) in [6.45, 7) is 5.32. The minimum absolute atomic E-state index is 0.265. The van der Waals surface area contributed by atoms with Crippen LogP contribution in [0, 0.1) is 5.41 Å². The van der Waals surface area contributed by atoms with Crippen molar-refractivity contribution in [1.29, 1.82) is 0 Å². The third-order valence-electron chi connectivity index (χ3n) is 2.92.